The van der Waals surface area contributed by atoms with Crippen molar-refractivity contribution >= 4 is 6.21 Å². The summed E-state index contributed by atoms with van der Waals surface area (Å²) in [7, 11) is 0. The lowest BCUT2D eigenvalue weighted by Gasteiger charge is -2.09. The minimum atomic E-state index is 0.721. The van der Waals surface area contributed by atoms with Crippen LogP contribution in [0.3, 0.4) is 0 Å². The second kappa shape index (κ2) is 4.32. The Balaban J connectivity index is 2.58. The molecule has 1 nitrogen and oxygen atoms in total. The van der Waals surface area contributed by atoms with Gasteiger partial charge < -0.3 is 5.41 Å². The van der Waals surface area contributed by atoms with Gasteiger partial charge in [-0.1, -0.05) is 25.3 Å². The molecule has 62 valence electrons. The Hall–Kier alpha value is -0.590. The molecule has 0 saturated heterocycles. The summed E-state index contributed by atoms with van der Waals surface area (Å²) >= 11 is 0. The molecule has 0 bridgehead atoms. The van der Waals surface area contributed by atoms with Crippen molar-refractivity contribution in [2.75, 3.05) is 0 Å². The van der Waals surface area contributed by atoms with Gasteiger partial charge in [-0.05, 0) is 31.3 Å². The predicted octanol–water partition coefficient (Wildman–Crippen LogP) is 3.16. The predicted molar refractivity (Wildman–Crippen MR) is 49.1 cm³/mol. The number of hydrogen-bond acceptors (Lipinski definition) is 1. The van der Waals surface area contributed by atoms with Crippen molar-refractivity contribution in [3.63, 3.8) is 0 Å². The first-order valence-corrected chi connectivity index (χ1v) is 4.54. The van der Waals surface area contributed by atoms with E-state index in [-0.39, 0.29) is 0 Å². The lowest BCUT2D eigenvalue weighted by Crippen LogP contribution is -1.96. The molecule has 0 aromatic heterocycles. The van der Waals surface area contributed by atoms with Crippen LogP contribution in [-0.4, -0.2) is 6.21 Å². The molecule has 1 saturated carbocycles. The van der Waals surface area contributed by atoms with Crippen molar-refractivity contribution in [1.82, 2.24) is 0 Å². The van der Waals surface area contributed by atoms with Gasteiger partial charge in [-0.3, -0.25) is 0 Å². The van der Waals surface area contributed by atoms with Gasteiger partial charge in [0.2, 0.25) is 0 Å². The van der Waals surface area contributed by atoms with Crippen molar-refractivity contribution in [2.45, 2.75) is 39.0 Å². The molecule has 1 atom stereocenters. The van der Waals surface area contributed by atoms with Crippen LogP contribution in [0.25, 0.3) is 0 Å². The van der Waals surface area contributed by atoms with E-state index in [0.717, 1.165) is 5.92 Å². The molecular weight excluding hydrogens is 134 g/mol. The monoisotopic (exact) mass is 151 g/mol. The molecule has 0 radical (unpaired) electrons. The van der Waals surface area contributed by atoms with Crippen LogP contribution in [0, 0.1) is 11.3 Å². The highest BCUT2D eigenvalue weighted by Crippen LogP contribution is 2.26. The minimum Gasteiger partial charge on any atom is -0.309 e. The third kappa shape index (κ3) is 2.49. The Morgan fingerprint density at radius 2 is 2.18 bits per heavy atom. The Morgan fingerprint density at radius 1 is 1.36 bits per heavy atom. The fourth-order valence-electron chi connectivity index (χ4n) is 1.74. The van der Waals surface area contributed by atoms with Crippen LogP contribution in [0.4, 0.5) is 0 Å². The first-order chi connectivity index (χ1) is 5.34. The van der Waals surface area contributed by atoms with E-state index in [2.05, 4.69) is 6.92 Å². The molecule has 1 rings (SSSR count). The highest BCUT2D eigenvalue weighted by molar-refractivity contribution is 5.69. The van der Waals surface area contributed by atoms with Gasteiger partial charge in [-0.2, -0.15) is 0 Å². The fraction of sp³-hybridized carbons (Fsp3) is 0.700. The second-order valence-corrected chi connectivity index (χ2v) is 3.41. The van der Waals surface area contributed by atoms with Gasteiger partial charge in [0.05, 0.1) is 0 Å². The van der Waals surface area contributed by atoms with Gasteiger partial charge in [0.25, 0.3) is 0 Å². The summed E-state index contributed by atoms with van der Waals surface area (Å²) in [6.45, 7) is 2.28. The minimum absolute atomic E-state index is 0.721. The largest absolute Gasteiger partial charge is 0.309 e. The normalized spacial score (nSPS) is 29.9. The smallest absolute Gasteiger partial charge is 0.0177 e. The van der Waals surface area contributed by atoms with E-state index >= 15 is 0 Å². The number of hydrogen-bond donors (Lipinski definition) is 1. The first kappa shape index (κ1) is 8.51. The zero-order valence-electron chi connectivity index (χ0n) is 7.27. The second-order valence-electron chi connectivity index (χ2n) is 3.41. The fourth-order valence-corrected chi connectivity index (χ4v) is 1.74. The standard InChI is InChI=1S/C10H17N/c1-9-5-3-2-4-6-10(9)7-8-11/h7-9,11H,2-6H2,1H3/b10-7+,11-8?. The van der Waals surface area contributed by atoms with Crippen LogP contribution < -0.4 is 0 Å². The molecule has 1 heteroatoms. The molecule has 0 spiro atoms. The molecule has 0 heterocycles. The van der Waals surface area contributed by atoms with E-state index in [0.29, 0.717) is 0 Å². The first-order valence-electron chi connectivity index (χ1n) is 4.54. The molecule has 11 heavy (non-hydrogen) atoms. The van der Waals surface area contributed by atoms with Crippen LogP contribution >= 0.6 is 0 Å². The SMILES string of the molecule is CC1CCCCC/C1=C\C=N. The van der Waals surface area contributed by atoms with Crippen molar-refractivity contribution < 1.29 is 0 Å². The topological polar surface area (TPSA) is 23.9 Å². The van der Waals surface area contributed by atoms with Crippen LogP contribution in [0.5, 0.6) is 0 Å². The Labute approximate surface area is 69.0 Å². The lowest BCUT2D eigenvalue weighted by atomic mass is 9.96. The van der Waals surface area contributed by atoms with Gasteiger partial charge in [0.1, 0.15) is 0 Å². The molecule has 0 amide bonds. The van der Waals surface area contributed by atoms with Gasteiger partial charge in [0, 0.05) is 6.21 Å². The summed E-state index contributed by atoms with van der Waals surface area (Å²) in [6.07, 6.45) is 10.0. The van der Waals surface area contributed by atoms with Crippen molar-refractivity contribution in [3.8, 4) is 0 Å². The van der Waals surface area contributed by atoms with E-state index in [4.69, 9.17) is 5.41 Å². The Morgan fingerprint density at radius 3 is 2.91 bits per heavy atom. The third-order valence-corrected chi connectivity index (χ3v) is 2.53. The maximum atomic E-state index is 7.00. The summed E-state index contributed by atoms with van der Waals surface area (Å²) in [5.74, 6) is 0.721. The lowest BCUT2D eigenvalue weighted by molar-refractivity contribution is 0.596. The van der Waals surface area contributed by atoms with E-state index in [9.17, 15) is 0 Å². The summed E-state index contributed by atoms with van der Waals surface area (Å²) in [4.78, 5) is 0. The quantitative estimate of drug-likeness (QED) is 0.439. The molecular formula is C10H17N. The maximum Gasteiger partial charge on any atom is 0.0177 e. The van der Waals surface area contributed by atoms with Gasteiger partial charge in [-0.15, -0.1) is 0 Å². The van der Waals surface area contributed by atoms with E-state index in [1.807, 2.05) is 6.08 Å². The maximum absolute atomic E-state index is 7.00. The summed E-state index contributed by atoms with van der Waals surface area (Å²) in [5, 5.41) is 7.00. The van der Waals surface area contributed by atoms with Crippen LogP contribution in [0.1, 0.15) is 39.0 Å². The molecule has 1 aliphatic carbocycles. The van der Waals surface area contributed by atoms with Crippen LogP contribution in [0.15, 0.2) is 11.6 Å². The number of nitrogens with one attached hydrogen (secondary N) is 1. The number of allylic oxidation sites excluding steroid dienone is 2. The average molecular weight is 151 g/mol. The van der Waals surface area contributed by atoms with E-state index < -0.39 is 0 Å². The molecule has 1 aliphatic rings. The average Bonchev–Trinajstić information content (AvgIpc) is 2.18. The van der Waals surface area contributed by atoms with E-state index in [1.165, 1.54) is 43.9 Å². The summed E-state index contributed by atoms with van der Waals surface area (Å²) in [5.41, 5.74) is 1.48. The molecule has 0 aromatic carbocycles. The zero-order chi connectivity index (χ0) is 8.10. The highest BCUT2D eigenvalue weighted by Gasteiger charge is 2.11. The molecule has 1 fully saturated rings. The molecule has 1 unspecified atom stereocenters. The molecule has 1 N–H and O–H groups in total. The van der Waals surface area contributed by atoms with Crippen molar-refractivity contribution in [1.29, 1.82) is 5.41 Å². The van der Waals surface area contributed by atoms with Gasteiger partial charge in [0.15, 0.2) is 0 Å². The van der Waals surface area contributed by atoms with Crippen molar-refractivity contribution in [3.05, 3.63) is 11.6 Å². The molecule has 0 aliphatic heterocycles. The zero-order valence-corrected chi connectivity index (χ0v) is 7.27. The van der Waals surface area contributed by atoms with Crippen LogP contribution in [0.2, 0.25) is 0 Å². The van der Waals surface area contributed by atoms with Gasteiger partial charge in [-0.25, -0.2) is 0 Å². The highest BCUT2D eigenvalue weighted by atomic mass is 14.3. The Kier molecular flexibility index (Phi) is 3.34. The van der Waals surface area contributed by atoms with Gasteiger partial charge >= 0.3 is 0 Å². The van der Waals surface area contributed by atoms with Crippen LogP contribution in [-0.2, 0) is 0 Å². The Bertz CT molecular complexity index is 158. The number of rotatable bonds is 1. The van der Waals surface area contributed by atoms with Crippen molar-refractivity contribution in [2.24, 2.45) is 5.92 Å². The van der Waals surface area contributed by atoms with E-state index in [1.54, 1.807) is 0 Å². The molecule has 0 aromatic rings. The summed E-state index contributed by atoms with van der Waals surface area (Å²) < 4.78 is 0. The third-order valence-electron chi connectivity index (χ3n) is 2.53. The summed E-state index contributed by atoms with van der Waals surface area (Å²) in [6, 6.07) is 0.